The fourth-order valence-electron chi connectivity index (χ4n) is 0.830. The molecule has 0 spiro atoms. The maximum absolute atomic E-state index is 9.51. The number of aliphatic hydroxyl groups excluding tert-OH is 1. The van der Waals surface area contributed by atoms with Crippen molar-refractivity contribution in [2.75, 3.05) is 0 Å². The first-order valence-electron chi connectivity index (χ1n) is 3.58. The molecule has 2 nitrogen and oxygen atoms in total. The maximum atomic E-state index is 9.51. The van der Waals surface area contributed by atoms with E-state index in [0.29, 0.717) is 5.56 Å². The minimum absolute atomic E-state index is 0.491. The summed E-state index contributed by atoms with van der Waals surface area (Å²) in [6, 6.07) is 3.42. The van der Waals surface area contributed by atoms with Gasteiger partial charge in [0.2, 0.25) is 3.79 Å². The Morgan fingerprint density at radius 3 is 2.38 bits per heavy atom. The Labute approximate surface area is 91.4 Å². The molecule has 0 aliphatic rings. The molecule has 1 rings (SSSR count). The van der Waals surface area contributed by atoms with E-state index in [1.165, 1.54) is 6.20 Å². The molecule has 1 N–H and O–H groups in total. The van der Waals surface area contributed by atoms with Gasteiger partial charge in [-0.1, -0.05) is 40.9 Å². The van der Waals surface area contributed by atoms with E-state index < -0.39 is 9.90 Å². The molecule has 13 heavy (non-hydrogen) atoms. The Morgan fingerprint density at radius 2 is 2.00 bits per heavy atom. The molecular formula is C8H8Cl3NO. The summed E-state index contributed by atoms with van der Waals surface area (Å²) in [5, 5.41) is 9.51. The third-order valence-corrected chi connectivity index (χ3v) is 2.18. The molecule has 0 bridgehead atoms. The van der Waals surface area contributed by atoms with Crippen LogP contribution in [-0.2, 0) is 0 Å². The summed E-state index contributed by atoms with van der Waals surface area (Å²) in [7, 11) is 0. The molecule has 1 aromatic heterocycles. The minimum Gasteiger partial charge on any atom is -0.384 e. The number of pyridine rings is 1. The first-order chi connectivity index (χ1) is 5.91. The lowest BCUT2D eigenvalue weighted by molar-refractivity contribution is 0.182. The van der Waals surface area contributed by atoms with Crippen LogP contribution in [-0.4, -0.2) is 13.9 Å². The normalized spacial score (nSPS) is 14.2. The van der Waals surface area contributed by atoms with Crippen molar-refractivity contribution in [3.8, 4) is 0 Å². The van der Waals surface area contributed by atoms with E-state index in [0.717, 1.165) is 5.69 Å². The molecule has 1 heterocycles. The number of aryl methyl sites for hydroxylation is 1. The van der Waals surface area contributed by atoms with E-state index >= 15 is 0 Å². The largest absolute Gasteiger partial charge is 0.384 e. The van der Waals surface area contributed by atoms with Gasteiger partial charge in [0, 0.05) is 17.5 Å². The van der Waals surface area contributed by atoms with Crippen LogP contribution in [0.2, 0.25) is 0 Å². The monoisotopic (exact) mass is 239 g/mol. The van der Waals surface area contributed by atoms with Crippen molar-refractivity contribution in [1.29, 1.82) is 0 Å². The first kappa shape index (κ1) is 11.1. The Hall–Kier alpha value is -0.0200. The van der Waals surface area contributed by atoms with Gasteiger partial charge in [-0.05, 0) is 13.0 Å². The highest BCUT2D eigenvalue weighted by atomic mass is 35.6. The Kier molecular flexibility index (Phi) is 3.41. The molecule has 0 saturated carbocycles. The second kappa shape index (κ2) is 4.01. The van der Waals surface area contributed by atoms with Crippen molar-refractivity contribution in [2.45, 2.75) is 16.8 Å². The number of hydrogen-bond donors (Lipinski definition) is 1. The van der Waals surface area contributed by atoms with Crippen LogP contribution < -0.4 is 0 Å². The molecular weight excluding hydrogens is 232 g/mol. The SMILES string of the molecule is Cc1ccc(C(O)C(Cl)(Cl)Cl)cn1. The van der Waals surface area contributed by atoms with Crippen molar-refractivity contribution < 1.29 is 5.11 Å². The minimum atomic E-state index is -1.71. The van der Waals surface area contributed by atoms with Crippen molar-refractivity contribution in [2.24, 2.45) is 0 Å². The highest BCUT2D eigenvalue weighted by Crippen LogP contribution is 2.39. The fraction of sp³-hybridized carbons (Fsp3) is 0.375. The van der Waals surface area contributed by atoms with Crippen molar-refractivity contribution in [3.63, 3.8) is 0 Å². The number of rotatable bonds is 1. The molecule has 0 aromatic carbocycles. The van der Waals surface area contributed by atoms with Gasteiger partial charge in [-0.2, -0.15) is 0 Å². The number of nitrogens with zero attached hydrogens (tertiary/aromatic N) is 1. The van der Waals surface area contributed by atoms with Gasteiger partial charge in [0.05, 0.1) is 0 Å². The lowest BCUT2D eigenvalue weighted by Gasteiger charge is -2.18. The van der Waals surface area contributed by atoms with Gasteiger partial charge in [0.15, 0.2) is 0 Å². The first-order valence-corrected chi connectivity index (χ1v) is 4.72. The van der Waals surface area contributed by atoms with Crippen LogP contribution in [0, 0.1) is 6.92 Å². The second-order valence-corrected chi connectivity index (χ2v) is 5.05. The zero-order valence-electron chi connectivity index (χ0n) is 6.84. The van der Waals surface area contributed by atoms with Gasteiger partial charge in [-0.25, -0.2) is 0 Å². The van der Waals surface area contributed by atoms with Crippen LogP contribution in [0.4, 0.5) is 0 Å². The van der Waals surface area contributed by atoms with Crippen molar-refractivity contribution >= 4 is 34.8 Å². The average molecular weight is 241 g/mol. The lowest BCUT2D eigenvalue weighted by Crippen LogP contribution is -2.16. The second-order valence-electron chi connectivity index (χ2n) is 2.68. The lowest BCUT2D eigenvalue weighted by atomic mass is 10.2. The Bertz CT molecular complexity index is 280. The number of halogens is 3. The van der Waals surface area contributed by atoms with E-state index in [-0.39, 0.29) is 0 Å². The molecule has 0 saturated heterocycles. The predicted octanol–water partition coefficient (Wildman–Crippen LogP) is 2.79. The Balaban J connectivity index is 2.90. The van der Waals surface area contributed by atoms with Crippen LogP contribution in [0.25, 0.3) is 0 Å². The summed E-state index contributed by atoms with van der Waals surface area (Å²) in [4.78, 5) is 3.98. The summed E-state index contributed by atoms with van der Waals surface area (Å²) in [5.74, 6) is 0. The number of aromatic nitrogens is 1. The zero-order valence-corrected chi connectivity index (χ0v) is 9.11. The summed E-state index contributed by atoms with van der Waals surface area (Å²) in [5.41, 5.74) is 1.34. The van der Waals surface area contributed by atoms with Crippen LogP contribution in [0.1, 0.15) is 17.4 Å². The van der Waals surface area contributed by atoms with Crippen LogP contribution >= 0.6 is 34.8 Å². The maximum Gasteiger partial charge on any atom is 0.220 e. The summed E-state index contributed by atoms with van der Waals surface area (Å²) in [6.45, 7) is 1.84. The molecule has 0 aliphatic carbocycles. The van der Waals surface area contributed by atoms with Gasteiger partial charge in [-0.15, -0.1) is 0 Å². The van der Waals surface area contributed by atoms with E-state index in [1.54, 1.807) is 12.1 Å². The van der Waals surface area contributed by atoms with E-state index in [9.17, 15) is 5.11 Å². The molecule has 0 radical (unpaired) electrons. The number of alkyl halides is 3. The standard InChI is InChI=1S/C8H8Cl3NO/c1-5-2-3-6(4-12-5)7(13)8(9,10)11/h2-4,7,13H,1H3. The van der Waals surface area contributed by atoms with Crippen LogP contribution in [0.15, 0.2) is 18.3 Å². The molecule has 0 aliphatic heterocycles. The van der Waals surface area contributed by atoms with E-state index in [1.807, 2.05) is 6.92 Å². The van der Waals surface area contributed by atoms with Gasteiger partial charge < -0.3 is 5.11 Å². The van der Waals surface area contributed by atoms with Crippen molar-refractivity contribution in [3.05, 3.63) is 29.6 Å². The van der Waals surface area contributed by atoms with Gasteiger partial charge in [0.1, 0.15) is 6.10 Å². The smallest absolute Gasteiger partial charge is 0.220 e. The molecule has 1 atom stereocenters. The summed E-state index contributed by atoms with van der Waals surface area (Å²) in [6.07, 6.45) is 0.340. The van der Waals surface area contributed by atoms with Crippen LogP contribution in [0.3, 0.4) is 0 Å². The molecule has 0 fully saturated rings. The third kappa shape index (κ3) is 2.99. The molecule has 72 valence electrons. The molecule has 5 heteroatoms. The Morgan fingerprint density at radius 1 is 1.38 bits per heavy atom. The topological polar surface area (TPSA) is 33.1 Å². The summed E-state index contributed by atoms with van der Waals surface area (Å²) < 4.78 is -1.71. The quantitative estimate of drug-likeness (QED) is 0.766. The zero-order chi connectivity index (χ0) is 10.1. The highest BCUT2D eigenvalue weighted by Gasteiger charge is 2.32. The highest BCUT2D eigenvalue weighted by molar-refractivity contribution is 6.67. The van der Waals surface area contributed by atoms with E-state index in [4.69, 9.17) is 34.8 Å². The van der Waals surface area contributed by atoms with Crippen LogP contribution in [0.5, 0.6) is 0 Å². The fourth-order valence-corrected chi connectivity index (χ4v) is 1.21. The van der Waals surface area contributed by atoms with Crippen molar-refractivity contribution in [1.82, 2.24) is 4.98 Å². The number of hydrogen-bond acceptors (Lipinski definition) is 2. The predicted molar refractivity (Wildman–Crippen MR) is 54.2 cm³/mol. The van der Waals surface area contributed by atoms with E-state index in [2.05, 4.69) is 4.98 Å². The van der Waals surface area contributed by atoms with Gasteiger partial charge in [0.25, 0.3) is 0 Å². The third-order valence-electron chi connectivity index (χ3n) is 1.56. The van der Waals surface area contributed by atoms with Gasteiger partial charge in [-0.3, -0.25) is 4.98 Å². The summed E-state index contributed by atoms with van der Waals surface area (Å²) >= 11 is 16.5. The average Bonchev–Trinajstić information content (AvgIpc) is 2.03. The number of aliphatic hydroxyl groups is 1. The molecule has 1 aromatic rings. The molecule has 0 amide bonds. The van der Waals surface area contributed by atoms with Gasteiger partial charge >= 0.3 is 0 Å². The molecule has 1 unspecified atom stereocenters.